The zero-order valence-corrected chi connectivity index (χ0v) is 18.1. The lowest BCUT2D eigenvalue weighted by Gasteiger charge is -2.33. The molecule has 0 aliphatic carbocycles. The summed E-state index contributed by atoms with van der Waals surface area (Å²) in [7, 11) is 0. The second-order valence-corrected chi connectivity index (χ2v) is 8.43. The fraction of sp³-hybridized carbons (Fsp3) is 0.417. The monoisotopic (exact) mass is 432 g/mol. The maximum atomic E-state index is 13.0. The number of rotatable bonds is 4. The number of hydrogen-bond donors (Lipinski definition) is 1. The van der Waals surface area contributed by atoms with Gasteiger partial charge in [-0.3, -0.25) is 4.98 Å². The molecule has 5 rings (SSSR count). The van der Waals surface area contributed by atoms with Gasteiger partial charge in [-0.25, -0.2) is 4.79 Å². The van der Waals surface area contributed by atoms with Crippen molar-refractivity contribution < 1.29 is 9.32 Å². The summed E-state index contributed by atoms with van der Waals surface area (Å²) in [6.07, 6.45) is 6.99. The van der Waals surface area contributed by atoms with Gasteiger partial charge in [0.1, 0.15) is 5.69 Å². The minimum absolute atomic E-state index is 0.0485. The number of hydrogen-bond acceptors (Lipinski definition) is 6. The van der Waals surface area contributed by atoms with Crippen molar-refractivity contribution >= 4 is 17.4 Å². The molecule has 1 aromatic carbocycles. The average molecular weight is 433 g/mol. The van der Waals surface area contributed by atoms with Crippen LogP contribution in [0.4, 0.5) is 16.2 Å². The van der Waals surface area contributed by atoms with Crippen LogP contribution in [0.2, 0.25) is 0 Å². The highest BCUT2D eigenvalue weighted by molar-refractivity contribution is 5.93. The molecule has 8 heteroatoms. The lowest BCUT2D eigenvalue weighted by molar-refractivity contribution is 0.187. The number of para-hydroxylation sites is 2. The molecule has 0 radical (unpaired) electrons. The number of carbonyl (C=O) groups excluding carboxylic acids is 1. The molecule has 2 saturated heterocycles. The van der Waals surface area contributed by atoms with E-state index >= 15 is 0 Å². The highest BCUT2D eigenvalue weighted by Gasteiger charge is 2.28. The highest BCUT2D eigenvalue weighted by Crippen LogP contribution is 2.31. The van der Waals surface area contributed by atoms with Crippen molar-refractivity contribution in [2.75, 3.05) is 36.4 Å². The van der Waals surface area contributed by atoms with E-state index in [9.17, 15) is 4.79 Å². The van der Waals surface area contributed by atoms with Crippen molar-refractivity contribution in [2.45, 2.75) is 38.0 Å². The number of anilines is 2. The Balaban J connectivity index is 1.19. The lowest BCUT2D eigenvalue weighted by Crippen LogP contribution is -2.41. The van der Waals surface area contributed by atoms with Crippen LogP contribution in [0.25, 0.3) is 11.5 Å². The van der Waals surface area contributed by atoms with E-state index in [0.717, 1.165) is 37.3 Å². The number of carbonyl (C=O) groups is 1. The first-order chi connectivity index (χ1) is 15.8. The SMILES string of the molecule is O=C(Nc1ccccc1N1CCCCC1)N1CCC(c2nc(-c3ccccn3)no2)CC1. The van der Waals surface area contributed by atoms with E-state index in [2.05, 4.69) is 31.4 Å². The van der Waals surface area contributed by atoms with Gasteiger partial charge < -0.3 is 19.6 Å². The van der Waals surface area contributed by atoms with Crippen molar-refractivity contribution in [3.05, 3.63) is 54.6 Å². The first kappa shape index (κ1) is 20.5. The van der Waals surface area contributed by atoms with Gasteiger partial charge in [-0.2, -0.15) is 4.98 Å². The fourth-order valence-electron chi connectivity index (χ4n) is 4.51. The Labute approximate surface area is 187 Å². The van der Waals surface area contributed by atoms with Crippen molar-refractivity contribution in [1.29, 1.82) is 0 Å². The van der Waals surface area contributed by atoms with Gasteiger partial charge in [-0.05, 0) is 56.4 Å². The van der Waals surface area contributed by atoms with Gasteiger partial charge in [0, 0.05) is 38.3 Å². The summed E-state index contributed by atoms with van der Waals surface area (Å²) in [6, 6.07) is 13.7. The van der Waals surface area contributed by atoms with Gasteiger partial charge >= 0.3 is 6.03 Å². The minimum atomic E-state index is -0.0485. The molecule has 2 amide bonds. The number of aromatic nitrogens is 3. The molecule has 0 unspecified atom stereocenters. The predicted molar refractivity (Wildman–Crippen MR) is 123 cm³/mol. The maximum absolute atomic E-state index is 13.0. The largest absolute Gasteiger partial charge is 0.370 e. The first-order valence-electron chi connectivity index (χ1n) is 11.4. The molecule has 0 atom stereocenters. The van der Waals surface area contributed by atoms with Gasteiger partial charge in [0.25, 0.3) is 0 Å². The highest BCUT2D eigenvalue weighted by atomic mass is 16.5. The molecule has 0 spiro atoms. The normalized spacial score (nSPS) is 17.4. The van der Waals surface area contributed by atoms with Crippen LogP contribution in [-0.4, -0.2) is 52.2 Å². The zero-order valence-electron chi connectivity index (χ0n) is 18.1. The second kappa shape index (κ2) is 9.38. The number of amides is 2. The van der Waals surface area contributed by atoms with Gasteiger partial charge in [-0.1, -0.05) is 23.4 Å². The van der Waals surface area contributed by atoms with Crippen LogP contribution >= 0.6 is 0 Å². The molecule has 3 aromatic rings. The minimum Gasteiger partial charge on any atom is -0.370 e. The molecular formula is C24H28N6O2. The standard InChI is InChI=1S/C24H28N6O2/c31-24(26-19-8-2-3-10-21(19)29-14-6-1-7-15-29)30-16-11-18(12-17-30)23-27-22(28-32-23)20-9-4-5-13-25-20/h2-5,8-10,13,18H,1,6-7,11-12,14-17H2,(H,26,31). The zero-order chi connectivity index (χ0) is 21.8. The maximum Gasteiger partial charge on any atom is 0.321 e. The van der Waals surface area contributed by atoms with Crippen LogP contribution < -0.4 is 10.2 Å². The summed E-state index contributed by atoms with van der Waals surface area (Å²) in [5, 5.41) is 7.22. The summed E-state index contributed by atoms with van der Waals surface area (Å²) in [6.45, 7) is 3.40. The molecule has 2 aliphatic heterocycles. The second-order valence-electron chi connectivity index (χ2n) is 8.43. The van der Waals surface area contributed by atoms with Crippen LogP contribution in [0.1, 0.15) is 43.9 Å². The van der Waals surface area contributed by atoms with Crippen molar-refractivity contribution in [1.82, 2.24) is 20.0 Å². The number of piperidine rings is 2. The average Bonchev–Trinajstić information content (AvgIpc) is 3.36. The predicted octanol–water partition coefficient (Wildman–Crippen LogP) is 4.53. The lowest BCUT2D eigenvalue weighted by atomic mass is 9.97. The third kappa shape index (κ3) is 4.44. The molecule has 166 valence electrons. The third-order valence-electron chi connectivity index (χ3n) is 6.31. The Morgan fingerprint density at radius 2 is 1.75 bits per heavy atom. The molecule has 2 fully saturated rings. The first-order valence-corrected chi connectivity index (χ1v) is 11.4. The van der Waals surface area contributed by atoms with E-state index in [-0.39, 0.29) is 11.9 Å². The Morgan fingerprint density at radius 1 is 0.969 bits per heavy atom. The molecule has 8 nitrogen and oxygen atoms in total. The summed E-state index contributed by atoms with van der Waals surface area (Å²) < 4.78 is 5.51. The molecule has 32 heavy (non-hydrogen) atoms. The quantitative estimate of drug-likeness (QED) is 0.652. The molecule has 2 aliphatic rings. The summed E-state index contributed by atoms with van der Waals surface area (Å²) in [5.74, 6) is 1.29. The van der Waals surface area contributed by atoms with Gasteiger partial charge in [0.05, 0.1) is 11.4 Å². The van der Waals surface area contributed by atoms with Crippen LogP contribution in [0.15, 0.2) is 53.2 Å². The molecule has 0 saturated carbocycles. The Kier molecular flexibility index (Phi) is 6.00. The van der Waals surface area contributed by atoms with Crippen LogP contribution in [0, 0.1) is 0 Å². The van der Waals surface area contributed by atoms with E-state index in [0.29, 0.717) is 30.5 Å². The number of nitrogens with one attached hydrogen (secondary N) is 1. The van der Waals surface area contributed by atoms with E-state index in [1.807, 2.05) is 41.3 Å². The number of urea groups is 1. The summed E-state index contributed by atoms with van der Waals surface area (Å²) >= 11 is 0. The third-order valence-corrected chi connectivity index (χ3v) is 6.31. The number of nitrogens with zero attached hydrogens (tertiary/aromatic N) is 5. The topological polar surface area (TPSA) is 87.4 Å². The van der Waals surface area contributed by atoms with Crippen molar-refractivity contribution in [2.24, 2.45) is 0 Å². The van der Waals surface area contributed by atoms with E-state index in [1.165, 1.54) is 19.3 Å². The van der Waals surface area contributed by atoms with E-state index in [4.69, 9.17) is 4.52 Å². The fourth-order valence-corrected chi connectivity index (χ4v) is 4.51. The molecule has 4 heterocycles. The van der Waals surface area contributed by atoms with Gasteiger partial charge in [0.2, 0.25) is 11.7 Å². The van der Waals surface area contributed by atoms with Gasteiger partial charge in [0.15, 0.2) is 0 Å². The molecule has 0 bridgehead atoms. The van der Waals surface area contributed by atoms with Crippen molar-refractivity contribution in [3.8, 4) is 11.5 Å². The van der Waals surface area contributed by atoms with Crippen LogP contribution in [0.5, 0.6) is 0 Å². The molecule has 2 aromatic heterocycles. The van der Waals surface area contributed by atoms with Crippen LogP contribution in [0.3, 0.4) is 0 Å². The van der Waals surface area contributed by atoms with Crippen molar-refractivity contribution in [3.63, 3.8) is 0 Å². The number of likely N-dealkylation sites (tertiary alicyclic amines) is 1. The summed E-state index contributed by atoms with van der Waals surface area (Å²) in [5.41, 5.74) is 2.70. The Hall–Kier alpha value is -3.42. The van der Waals surface area contributed by atoms with Gasteiger partial charge in [-0.15, -0.1) is 0 Å². The molecular weight excluding hydrogens is 404 g/mol. The van der Waals surface area contributed by atoms with E-state index in [1.54, 1.807) is 6.20 Å². The Bertz CT molecular complexity index is 1040. The number of pyridine rings is 1. The number of benzene rings is 1. The van der Waals surface area contributed by atoms with Crippen LogP contribution in [-0.2, 0) is 0 Å². The summed E-state index contributed by atoms with van der Waals surface area (Å²) in [4.78, 5) is 26.0. The molecule has 1 N–H and O–H groups in total. The van der Waals surface area contributed by atoms with E-state index < -0.39 is 0 Å². The smallest absolute Gasteiger partial charge is 0.321 e. The Morgan fingerprint density at radius 3 is 2.53 bits per heavy atom.